The number of aromatic nitrogens is 2. The largest absolute Gasteiger partial charge is 0.387 e. The molecule has 7 nitrogen and oxygen atoms in total. The second-order valence-corrected chi connectivity index (χ2v) is 12.8. The lowest BCUT2D eigenvalue weighted by molar-refractivity contribution is -0.133. The average molecular weight is 571 g/mol. The molecule has 2 fully saturated rings. The van der Waals surface area contributed by atoms with Crippen LogP contribution in [-0.2, 0) is 4.79 Å². The molecular formula is C29H40BrN5O2. The Morgan fingerprint density at radius 1 is 1.19 bits per heavy atom. The number of aliphatic hydroxyl groups is 1. The Balaban J connectivity index is 1.27. The van der Waals surface area contributed by atoms with Crippen LogP contribution >= 0.6 is 15.9 Å². The molecule has 5 rings (SSSR count). The van der Waals surface area contributed by atoms with Crippen LogP contribution in [0.25, 0.3) is 0 Å². The van der Waals surface area contributed by atoms with Gasteiger partial charge in [-0.3, -0.25) is 4.79 Å². The molecule has 1 saturated carbocycles. The van der Waals surface area contributed by atoms with E-state index in [9.17, 15) is 9.90 Å². The van der Waals surface area contributed by atoms with Crippen LogP contribution in [0.4, 0.5) is 5.82 Å². The van der Waals surface area contributed by atoms with Gasteiger partial charge in [0.2, 0.25) is 5.91 Å². The molecule has 0 bridgehead atoms. The molecule has 0 radical (unpaired) electrons. The molecule has 2 heterocycles. The van der Waals surface area contributed by atoms with Crippen molar-refractivity contribution < 1.29 is 9.90 Å². The van der Waals surface area contributed by atoms with E-state index in [0.717, 1.165) is 46.6 Å². The fourth-order valence-corrected chi connectivity index (χ4v) is 6.78. The van der Waals surface area contributed by atoms with E-state index in [2.05, 4.69) is 69.0 Å². The predicted molar refractivity (Wildman–Crippen MR) is 150 cm³/mol. The Kier molecular flexibility index (Phi) is 7.89. The molecule has 1 saturated heterocycles. The fraction of sp³-hybridized carbons (Fsp3) is 0.621. The lowest BCUT2D eigenvalue weighted by Crippen LogP contribution is -2.52. The first-order valence-corrected chi connectivity index (χ1v) is 14.6. The highest BCUT2D eigenvalue weighted by Gasteiger charge is 2.35. The zero-order valence-electron chi connectivity index (χ0n) is 22.3. The molecule has 2 aromatic rings. The highest BCUT2D eigenvalue weighted by molar-refractivity contribution is 9.10. The maximum absolute atomic E-state index is 13.9. The van der Waals surface area contributed by atoms with Crippen molar-refractivity contribution in [2.24, 2.45) is 5.41 Å². The van der Waals surface area contributed by atoms with Gasteiger partial charge in [0, 0.05) is 48.8 Å². The van der Waals surface area contributed by atoms with Crippen LogP contribution in [0.5, 0.6) is 0 Å². The van der Waals surface area contributed by atoms with Crippen molar-refractivity contribution in [2.45, 2.75) is 76.9 Å². The van der Waals surface area contributed by atoms with E-state index in [-0.39, 0.29) is 17.7 Å². The summed E-state index contributed by atoms with van der Waals surface area (Å²) < 4.78 is 1.02. The van der Waals surface area contributed by atoms with Gasteiger partial charge in [-0.25, -0.2) is 9.97 Å². The Labute approximate surface area is 229 Å². The van der Waals surface area contributed by atoms with Gasteiger partial charge >= 0.3 is 0 Å². The average Bonchev–Trinajstić information content (AvgIpc) is 3.18. The molecule has 1 unspecified atom stereocenters. The van der Waals surface area contributed by atoms with Crippen molar-refractivity contribution in [3.8, 4) is 0 Å². The van der Waals surface area contributed by atoms with Crippen molar-refractivity contribution in [1.29, 1.82) is 0 Å². The van der Waals surface area contributed by atoms with Crippen molar-refractivity contribution in [3.63, 3.8) is 0 Å². The third-order valence-electron chi connectivity index (χ3n) is 8.56. The summed E-state index contributed by atoms with van der Waals surface area (Å²) in [4.78, 5) is 27.1. The number of hydrogen-bond acceptors (Lipinski definition) is 6. The molecule has 1 amide bonds. The normalized spacial score (nSPS) is 26.1. The van der Waals surface area contributed by atoms with E-state index in [1.54, 1.807) is 6.33 Å². The summed E-state index contributed by atoms with van der Waals surface area (Å²) in [5, 5.41) is 14.2. The van der Waals surface area contributed by atoms with Gasteiger partial charge in [-0.05, 0) is 54.7 Å². The van der Waals surface area contributed by atoms with Crippen LogP contribution in [-0.4, -0.2) is 64.6 Å². The van der Waals surface area contributed by atoms with Crippen LogP contribution in [0, 0.1) is 5.41 Å². The van der Waals surface area contributed by atoms with Crippen LogP contribution in [0.2, 0.25) is 0 Å². The first-order chi connectivity index (χ1) is 17.7. The molecule has 1 aromatic heterocycles. The van der Waals surface area contributed by atoms with E-state index in [1.165, 1.54) is 19.3 Å². The van der Waals surface area contributed by atoms with Crippen LogP contribution in [0.1, 0.15) is 87.6 Å². The number of carbonyl (C=O) groups is 1. The fourth-order valence-electron chi connectivity index (χ4n) is 6.51. The number of carbonyl (C=O) groups excluding carboxylic acids is 1. The van der Waals surface area contributed by atoms with E-state index >= 15 is 0 Å². The summed E-state index contributed by atoms with van der Waals surface area (Å²) in [6.45, 7) is 10.3. The number of amides is 1. The third kappa shape index (κ3) is 5.86. The maximum Gasteiger partial charge on any atom is 0.231 e. The molecule has 2 N–H and O–H groups in total. The minimum atomic E-state index is -0.511. The quantitative estimate of drug-likeness (QED) is 0.521. The number of fused-ring (bicyclic) bond motifs is 1. The lowest BCUT2D eigenvalue weighted by Gasteiger charge is -2.39. The van der Waals surface area contributed by atoms with Gasteiger partial charge in [0.25, 0.3) is 0 Å². The summed E-state index contributed by atoms with van der Waals surface area (Å²) in [7, 11) is 0. The van der Waals surface area contributed by atoms with Crippen LogP contribution in [0.3, 0.4) is 0 Å². The van der Waals surface area contributed by atoms with Gasteiger partial charge in [-0.1, -0.05) is 55.3 Å². The smallest absolute Gasteiger partial charge is 0.231 e. The summed E-state index contributed by atoms with van der Waals surface area (Å²) >= 11 is 3.54. The Bertz CT molecular complexity index is 1100. The van der Waals surface area contributed by atoms with Crippen molar-refractivity contribution in [2.75, 3.05) is 37.6 Å². The highest BCUT2D eigenvalue weighted by atomic mass is 79.9. The standard InChI is InChI=1S/C29H40BrN5O2/c1-19-15-24(36)26-25(19)27(33-18-32-26)34-11-13-35(14-12-34)28(37)23(20-6-8-21(30)9-7-20)17-31-22-5-4-10-29(2,3)16-22/h6-9,18-19,22-24,31,36H,4-5,10-17H2,1-3H3/t19-,22?,23-,24-/m1/s1. The second kappa shape index (κ2) is 11.0. The van der Waals surface area contributed by atoms with E-state index in [0.29, 0.717) is 37.5 Å². The lowest BCUT2D eigenvalue weighted by atomic mass is 9.75. The Morgan fingerprint density at radius 2 is 1.92 bits per heavy atom. The summed E-state index contributed by atoms with van der Waals surface area (Å²) in [6, 6.07) is 8.67. The third-order valence-corrected chi connectivity index (χ3v) is 9.08. The number of nitrogens with one attached hydrogen (secondary N) is 1. The molecule has 3 aliphatic rings. The number of piperazine rings is 1. The van der Waals surface area contributed by atoms with Crippen molar-refractivity contribution in [3.05, 3.63) is 51.9 Å². The second-order valence-electron chi connectivity index (χ2n) is 11.9. The number of nitrogens with zero attached hydrogens (tertiary/aromatic N) is 4. The van der Waals surface area contributed by atoms with E-state index in [1.807, 2.05) is 17.0 Å². The zero-order valence-corrected chi connectivity index (χ0v) is 23.9. The van der Waals surface area contributed by atoms with E-state index in [4.69, 9.17) is 0 Å². The van der Waals surface area contributed by atoms with Crippen molar-refractivity contribution >= 4 is 27.7 Å². The molecule has 4 atom stereocenters. The zero-order chi connectivity index (χ0) is 26.2. The van der Waals surface area contributed by atoms with Crippen LogP contribution < -0.4 is 10.2 Å². The van der Waals surface area contributed by atoms with Gasteiger partial charge in [0.05, 0.1) is 17.7 Å². The Hall–Kier alpha value is -2.03. The van der Waals surface area contributed by atoms with Gasteiger partial charge in [0.1, 0.15) is 12.1 Å². The number of aliphatic hydroxyl groups excluding tert-OH is 1. The number of benzene rings is 1. The van der Waals surface area contributed by atoms with E-state index < -0.39 is 6.10 Å². The number of hydrogen-bond donors (Lipinski definition) is 2. The first kappa shape index (κ1) is 26.6. The molecule has 8 heteroatoms. The summed E-state index contributed by atoms with van der Waals surface area (Å²) in [5.41, 5.74) is 3.26. The minimum Gasteiger partial charge on any atom is -0.387 e. The molecule has 1 aromatic carbocycles. The topological polar surface area (TPSA) is 81.6 Å². The predicted octanol–water partition coefficient (Wildman–Crippen LogP) is 4.77. The highest BCUT2D eigenvalue weighted by Crippen LogP contribution is 2.43. The molecule has 200 valence electrons. The minimum absolute atomic E-state index is 0.196. The molecule has 0 spiro atoms. The van der Waals surface area contributed by atoms with Gasteiger partial charge in [-0.2, -0.15) is 0 Å². The number of anilines is 1. The van der Waals surface area contributed by atoms with Gasteiger partial charge in [0.15, 0.2) is 0 Å². The van der Waals surface area contributed by atoms with Crippen LogP contribution in [0.15, 0.2) is 35.1 Å². The maximum atomic E-state index is 13.9. The molecule has 1 aliphatic heterocycles. The first-order valence-electron chi connectivity index (χ1n) is 13.8. The summed E-state index contributed by atoms with van der Waals surface area (Å²) in [6.07, 6.45) is 6.60. The molecular weight excluding hydrogens is 530 g/mol. The summed E-state index contributed by atoms with van der Waals surface area (Å²) in [5.74, 6) is 1.15. The van der Waals surface area contributed by atoms with Gasteiger partial charge in [-0.15, -0.1) is 0 Å². The number of rotatable bonds is 6. The number of halogens is 1. The SMILES string of the molecule is C[C@@H]1C[C@@H](O)c2ncnc(N3CCN(C(=O)[C@H](CNC4CCCC(C)(C)C4)c4ccc(Br)cc4)CC3)c21. The van der Waals surface area contributed by atoms with Crippen molar-refractivity contribution in [1.82, 2.24) is 20.2 Å². The monoisotopic (exact) mass is 569 g/mol. The molecule has 2 aliphatic carbocycles. The van der Waals surface area contributed by atoms with Gasteiger partial charge < -0.3 is 20.2 Å². The Morgan fingerprint density at radius 3 is 2.62 bits per heavy atom. The molecule has 37 heavy (non-hydrogen) atoms.